The Bertz CT molecular complexity index is 476. The molecule has 0 radical (unpaired) electrons. The van der Waals surface area contributed by atoms with Crippen LogP contribution in [0.2, 0.25) is 0 Å². The topological polar surface area (TPSA) is 66.0 Å². The maximum Gasteiger partial charge on any atom is 0.244 e. The van der Waals surface area contributed by atoms with Crippen molar-refractivity contribution in [2.45, 2.75) is 64.5 Å². The van der Waals surface area contributed by atoms with Crippen LogP contribution in [0.3, 0.4) is 0 Å². The van der Waals surface area contributed by atoms with E-state index in [1.54, 1.807) is 0 Å². The molecule has 1 spiro atoms. The van der Waals surface area contributed by atoms with E-state index >= 15 is 0 Å². The Morgan fingerprint density at radius 2 is 1.96 bits per heavy atom. The second kappa shape index (κ2) is 9.39. The van der Waals surface area contributed by atoms with Crippen LogP contribution in [-0.2, 0) is 9.53 Å². The van der Waals surface area contributed by atoms with Crippen molar-refractivity contribution in [3.63, 3.8) is 0 Å². The van der Waals surface area contributed by atoms with Crippen LogP contribution in [-0.4, -0.2) is 61.7 Å². The van der Waals surface area contributed by atoms with Gasteiger partial charge in [-0.3, -0.25) is 4.79 Å². The molecule has 2 atom stereocenters. The molecule has 2 saturated carbocycles. The Morgan fingerprint density at radius 1 is 1.24 bits per heavy atom. The van der Waals surface area contributed by atoms with Crippen LogP contribution in [0, 0.1) is 5.41 Å². The lowest BCUT2D eigenvalue weighted by atomic mass is 9.51. The number of guanidine groups is 1. The van der Waals surface area contributed by atoms with Crippen molar-refractivity contribution in [3.8, 4) is 0 Å². The Morgan fingerprint density at radius 3 is 2.52 bits per heavy atom. The summed E-state index contributed by atoms with van der Waals surface area (Å²) in [5, 5.41) is 6.86. The summed E-state index contributed by atoms with van der Waals surface area (Å²) >= 11 is 0. The summed E-state index contributed by atoms with van der Waals surface area (Å²) in [6.45, 7) is 7.74. The number of nitrogens with one attached hydrogen (secondary N) is 2. The van der Waals surface area contributed by atoms with Crippen molar-refractivity contribution in [3.05, 3.63) is 0 Å². The van der Waals surface area contributed by atoms with Crippen LogP contribution >= 0.6 is 24.0 Å². The molecule has 0 aromatic carbocycles. The van der Waals surface area contributed by atoms with Crippen LogP contribution in [0.5, 0.6) is 0 Å². The zero-order chi connectivity index (χ0) is 17.0. The van der Waals surface area contributed by atoms with Crippen molar-refractivity contribution >= 4 is 35.8 Å². The first-order valence-corrected chi connectivity index (χ1v) is 9.64. The van der Waals surface area contributed by atoms with Gasteiger partial charge in [0.15, 0.2) is 5.96 Å². The zero-order valence-electron chi connectivity index (χ0n) is 15.6. The van der Waals surface area contributed by atoms with E-state index in [1.807, 2.05) is 4.90 Å². The number of hydrogen-bond acceptors (Lipinski definition) is 3. The zero-order valence-corrected chi connectivity index (χ0v) is 17.9. The molecule has 25 heavy (non-hydrogen) atoms. The number of aliphatic imine (C=N–C) groups is 1. The molecule has 3 aliphatic rings. The summed E-state index contributed by atoms with van der Waals surface area (Å²) in [5.74, 6) is 0.917. The smallest absolute Gasteiger partial charge is 0.244 e. The van der Waals surface area contributed by atoms with Crippen LogP contribution < -0.4 is 10.6 Å². The van der Waals surface area contributed by atoms with Crippen molar-refractivity contribution in [1.82, 2.24) is 15.5 Å². The Labute approximate surface area is 168 Å². The first-order valence-electron chi connectivity index (χ1n) is 9.64. The van der Waals surface area contributed by atoms with E-state index in [-0.39, 0.29) is 36.4 Å². The predicted molar refractivity (Wildman–Crippen MR) is 110 cm³/mol. The highest BCUT2D eigenvalue weighted by molar-refractivity contribution is 14.0. The lowest BCUT2D eigenvalue weighted by Gasteiger charge is -2.61. The summed E-state index contributed by atoms with van der Waals surface area (Å²) in [5.41, 5.74) is 0.297. The van der Waals surface area contributed by atoms with Crippen LogP contribution in [0.15, 0.2) is 4.99 Å². The second-order valence-electron chi connectivity index (χ2n) is 7.25. The third kappa shape index (κ3) is 4.40. The van der Waals surface area contributed by atoms with Crippen molar-refractivity contribution in [2.24, 2.45) is 10.4 Å². The van der Waals surface area contributed by atoms with Gasteiger partial charge in [-0.2, -0.15) is 0 Å². The van der Waals surface area contributed by atoms with Gasteiger partial charge in [-0.15, -0.1) is 24.0 Å². The number of halogens is 1. The first kappa shape index (κ1) is 20.7. The molecule has 2 unspecified atom stereocenters. The van der Waals surface area contributed by atoms with E-state index in [1.165, 1.54) is 19.3 Å². The summed E-state index contributed by atoms with van der Waals surface area (Å²) in [7, 11) is 0. The molecular formula is C18H33IN4O2. The Balaban J connectivity index is 0.00000225. The fraction of sp³-hybridized carbons (Fsp3) is 0.889. The minimum Gasteiger partial charge on any atom is -0.378 e. The molecule has 3 fully saturated rings. The van der Waals surface area contributed by atoms with E-state index in [9.17, 15) is 4.79 Å². The lowest BCUT2D eigenvalue weighted by Crippen LogP contribution is -2.68. The molecule has 2 aliphatic carbocycles. The number of nitrogens with zero attached hydrogens (tertiary/aromatic N) is 2. The maximum absolute atomic E-state index is 12.2. The molecule has 3 rings (SSSR count). The minimum atomic E-state index is 0. The van der Waals surface area contributed by atoms with E-state index in [0.29, 0.717) is 17.6 Å². The lowest BCUT2D eigenvalue weighted by molar-refractivity contribution is -0.168. The quantitative estimate of drug-likeness (QED) is 0.359. The van der Waals surface area contributed by atoms with Gasteiger partial charge < -0.3 is 20.3 Å². The molecule has 0 aromatic rings. The van der Waals surface area contributed by atoms with E-state index < -0.39 is 0 Å². The van der Waals surface area contributed by atoms with Gasteiger partial charge in [0.25, 0.3) is 0 Å². The fourth-order valence-electron chi connectivity index (χ4n) is 4.34. The highest BCUT2D eigenvalue weighted by Gasteiger charge is 2.59. The van der Waals surface area contributed by atoms with Gasteiger partial charge in [0.05, 0.1) is 6.10 Å². The molecule has 144 valence electrons. The largest absolute Gasteiger partial charge is 0.378 e. The van der Waals surface area contributed by atoms with E-state index in [2.05, 4.69) is 29.5 Å². The first-order chi connectivity index (χ1) is 11.7. The number of hydrogen-bond donors (Lipinski definition) is 2. The summed E-state index contributed by atoms with van der Waals surface area (Å²) < 4.78 is 5.91. The average Bonchev–Trinajstić information content (AvgIpc) is 3.04. The molecule has 7 heteroatoms. The molecule has 0 aromatic heterocycles. The molecule has 1 amide bonds. The highest BCUT2D eigenvalue weighted by Crippen LogP contribution is 2.57. The molecule has 1 aliphatic heterocycles. The third-order valence-corrected chi connectivity index (χ3v) is 5.92. The van der Waals surface area contributed by atoms with Gasteiger partial charge in [-0.25, -0.2) is 4.99 Å². The van der Waals surface area contributed by atoms with Crippen molar-refractivity contribution < 1.29 is 9.53 Å². The van der Waals surface area contributed by atoms with Crippen molar-refractivity contribution in [2.75, 3.05) is 32.8 Å². The standard InChI is InChI=1S/C18H32N4O2.HI/c1-3-19-17(20-13-16(23)22-10-5-6-11-22)21-14-12-15(24-4-2)18(14)8-7-9-18;/h14-15H,3-13H2,1-2H3,(H2,19,20,21);1H. The van der Waals surface area contributed by atoms with Crippen molar-refractivity contribution in [1.29, 1.82) is 0 Å². The fourth-order valence-corrected chi connectivity index (χ4v) is 4.34. The number of amides is 1. The number of ether oxygens (including phenoxy) is 1. The monoisotopic (exact) mass is 464 g/mol. The minimum absolute atomic E-state index is 0. The normalized spacial score (nSPS) is 27.3. The molecule has 2 N–H and O–H groups in total. The molecule has 1 saturated heterocycles. The average molecular weight is 464 g/mol. The Hall–Kier alpha value is -0.570. The highest BCUT2D eigenvalue weighted by atomic mass is 127. The van der Waals surface area contributed by atoms with Gasteiger partial charge in [0.2, 0.25) is 5.91 Å². The summed E-state index contributed by atoms with van der Waals surface area (Å²) in [6, 6.07) is 0.419. The maximum atomic E-state index is 12.2. The van der Waals surface area contributed by atoms with Crippen LogP contribution in [0.4, 0.5) is 0 Å². The number of carbonyl (C=O) groups is 1. The predicted octanol–water partition coefficient (Wildman–Crippen LogP) is 2.13. The second-order valence-corrected chi connectivity index (χ2v) is 7.25. The summed E-state index contributed by atoms with van der Waals surface area (Å²) in [4.78, 5) is 18.7. The van der Waals surface area contributed by atoms with Crippen LogP contribution in [0.1, 0.15) is 52.4 Å². The van der Waals surface area contributed by atoms with Crippen LogP contribution in [0.25, 0.3) is 0 Å². The SMILES string of the molecule is CCNC(=NCC(=O)N1CCCC1)NC1CC(OCC)C12CCC2.I. The van der Waals surface area contributed by atoms with Gasteiger partial charge in [0, 0.05) is 37.7 Å². The number of likely N-dealkylation sites (tertiary alicyclic amines) is 1. The van der Waals surface area contributed by atoms with E-state index in [4.69, 9.17) is 4.74 Å². The third-order valence-electron chi connectivity index (χ3n) is 5.92. The molecular weight excluding hydrogens is 431 g/mol. The molecule has 1 heterocycles. The Kier molecular flexibility index (Phi) is 7.79. The van der Waals surface area contributed by atoms with Gasteiger partial charge in [0.1, 0.15) is 6.54 Å². The molecule has 6 nitrogen and oxygen atoms in total. The van der Waals surface area contributed by atoms with Gasteiger partial charge in [-0.1, -0.05) is 6.42 Å². The summed E-state index contributed by atoms with van der Waals surface area (Å²) in [6.07, 6.45) is 7.45. The number of rotatable bonds is 6. The van der Waals surface area contributed by atoms with Gasteiger partial charge >= 0.3 is 0 Å². The van der Waals surface area contributed by atoms with Gasteiger partial charge in [-0.05, 0) is 46.0 Å². The molecule has 0 bridgehead atoms. The van der Waals surface area contributed by atoms with E-state index in [0.717, 1.165) is 51.5 Å². The number of carbonyl (C=O) groups excluding carboxylic acids is 1.